The molecule has 5 aliphatic rings. The highest BCUT2D eigenvalue weighted by Gasteiger charge is 2.68. The van der Waals surface area contributed by atoms with Gasteiger partial charge in [0.1, 0.15) is 0 Å². The van der Waals surface area contributed by atoms with Gasteiger partial charge in [-0.15, -0.1) is 5.10 Å². The number of aromatic nitrogens is 3. The van der Waals surface area contributed by atoms with Crippen LogP contribution in [-0.2, 0) is 19.2 Å². The van der Waals surface area contributed by atoms with E-state index in [2.05, 4.69) is 15.2 Å². The van der Waals surface area contributed by atoms with Gasteiger partial charge in [-0.2, -0.15) is 5.10 Å². The van der Waals surface area contributed by atoms with Crippen molar-refractivity contribution in [2.45, 2.75) is 13.8 Å². The highest BCUT2D eigenvalue weighted by Crippen LogP contribution is 2.57. The highest BCUT2D eigenvalue weighted by atomic mass is 16.2. The minimum absolute atomic E-state index is 0.0400. The lowest BCUT2D eigenvalue weighted by molar-refractivity contribution is -0.138. The monoisotopic (exact) mass is 367 g/mol. The Hall–Kier alpha value is -2.97. The number of amides is 4. The Morgan fingerprint density at radius 1 is 0.741 bits per heavy atom. The standard InChI is InChI=1S/C18H17N5O4/c1-6-7(2)20-21-18(19-6)23-16(26)12-8-4-5-9(13(12)17(23)27)11-10(8)14(24)22(3)15(11)25/h4-5,8-13H,1-3H3. The van der Waals surface area contributed by atoms with Crippen LogP contribution in [0.4, 0.5) is 5.95 Å². The second-order valence-corrected chi connectivity index (χ2v) is 7.67. The lowest BCUT2D eigenvalue weighted by atomic mass is 9.54. The summed E-state index contributed by atoms with van der Waals surface area (Å²) in [6.07, 6.45) is 3.65. The molecule has 3 fully saturated rings. The van der Waals surface area contributed by atoms with Crippen molar-refractivity contribution in [2.24, 2.45) is 35.5 Å². The van der Waals surface area contributed by atoms with Gasteiger partial charge in [-0.1, -0.05) is 12.2 Å². The van der Waals surface area contributed by atoms with Gasteiger partial charge in [-0.05, 0) is 13.8 Å². The van der Waals surface area contributed by atoms with Crippen molar-refractivity contribution in [3.05, 3.63) is 23.5 Å². The quantitative estimate of drug-likeness (QED) is 0.492. The molecule has 6 rings (SSSR count). The van der Waals surface area contributed by atoms with Gasteiger partial charge in [0.25, 0.3) is 5.95 Å². The molecule has 1 saturated carbocycles. The van der Waals surface area contributed by atoms with Crippen molar-refractivity contribution in [3.8, 4) is 0 Å². The van der Waals surface area contributed by atoms with Crippen LogP contribution in [0.15, 0.2) is 12.2 Å². The Balaban J connectivity index is 1.59. The van der Waals surface area contributed by atoms with E-state index in [1.807, 2.05) is 12.2 Å². The molecule has 6 unspecified atom stereocenters. The van der Waals surface area contributed by atoms with Crippen LogP contribution >= 0.6 is 0 Å². The van der Waals surface area contributed by atoms with E-state index >= 15 is 0 Å². The molecule has 9 heteroatoms. The zero-order valence-electron chi connectivity index (χ0n) is 15.0. The first kappa shape index (κ1) is 16.2. The molecule has 2 aliphatic heterocycles. The number of hydrogen-bond acceptors (Lipinski definition) is 7. The van der Waals surface area contributed by atoms with Gasteiger partial charge in [-0.25, -0.2) is 9.88 Å². The van der Waals surface area contributed by atoms with E-state index < -0.39 is 47.3 Å². The summed E-state index contributed by atoms with van der Waals surface area (Å²) in [6, 6.07) is 0. The highest BCUT2D eigenvalue weighted by molar-refractivity contribution is 6.22. The fraction of sp³-hybridized carbons (Fsp3) is 0.500. The maximum Gasteiger partial charge on any atom is 0.259 e. The number of hydrogen-bond donors (Lipinski definition) is 0. The van der Waals surface area contributed by atoms with Crippen LogP contribution < -0.4 is 4.90 Å². The molecule has 4 amide bonds. The van der Waals surface area contributed by atoms with E-state index in [1.54, 1.807) is 13.8 Å². The Kier molecular flexibility index (Phi) is 3.04. The minimum Gasteiger partial charge on any atom is -0.285 e. The summed E-state index contributed by atoms with van der Waals surface area (Å²) in [5.41, 5.74) is 1.20. The lowest BCUT2D eigenvalue weighted by Crippen LogP contribution is -2.50. The molecule has 0 N–H and O–H groups in total. The lowest BCUT2D eigenvalue weighted by Gasteiger charge is -2.44. The van der Waals surface area contributed by atoms with Crippen molar-refractivity contribution in [1.82, 2.24) is 20.1 Å². The van der Waals surface area contributed by atoms with Gasteiger partial charge < -0.3 is 0 Å². The molecule has 2 bridgehead atoms. The van der Waals surface area contributed by atoms with E-state index in [-0.39, 0.29) is 17.8 Å². The topological polar surface area (TPSA) is 113 Å². The number of imide groups is 2. The first-order valence-electron chi connectivity index (χ1n) is 8.88. The molecule has 3 aliphatic carbocycles. The molecular weight excluding hydrogens is 350 g/mol. The number of carbonyl (C=O) groups is 4. The third-order valence-electron chi connectivity index (χ3n) is 6.51. The Bertz CT molecular complexity index is 922. The summed E-state index contributed by atoms with van der Waals surface area (Å²) in [6.45, 7) is 3.47. The summed E-state index contributed by atoms with van der Waals surface area (Å²) in [5.74, 6) is -4.82. The van der Waals surface area contributed by atoms with Crippen molar-refractivity contribution in [2.75, 3.05) is 11.9 Å². The number of aryl methyl sites for hydroxylation is 2. The summed E-state index contributed by atoms with van der Waals surface area (Å²) < 4.78 is 0. The molecule has 1 aromatic heterocycles. The number of anilines is 1. The van der Waals surface area contributed by atoms with Gasteiger partial charge in [0.2, 0.25) is 23.6 Å². The third kappa shape index (κ3) is 1.81. The SMILES string of the molecule is Cc1nnc(N2C(=O)C3C4C=CC(C5C(=O)N(C)C(=O)C45)C3C2=O)nc1C. The van der Waals surface area contributed by atoms with Crippen LogP contribution in [0.5, 0.6) is 0 Å². The Morgan fingerprint density at radius 2 is 1.22 bits per heavy atom. The van der Waals surface area contributed by atoms with Crippen molar-refractivity contribution < 1.29 is 19.2 Å². The average molecular weight is 367 g/mol. The molecule has 3 heterocycles. The van der Waals surface area contributed by atoms with E-state index in [9.17, 15) is 19.2 Å². The zero-order chi connectivity index (χ0) is 19.2. The van der Waals surface area contributed by atoms with Crippen molar-refractivity contribution >= 4 is 29.6 Å². The van der Waals surface area contributed by atoms with E-state index in [0.29, 0.717) is 11.4 Å². The van der Waals surface area contributed by atoms with Crippen LogP contribution in [0.1, 0.15) is 11.4 Å². The molecule has 138 valence electrons. The van der Waals surface area contributed by atoms with E-state index in [4.69, 9.17) is 0 Å². The van der Waals surface area contributed by atoms with Gasteiger partial charge in [0.05, 0.1) is 35.1 Å². The predicted molar refractivity (Wildman–Crippen MR) is 89.7 cm³/mol. The van der Waals surface area contributed by atoms with Crippen LogP contribution in [0.3, 0.4) is 0 Å². The maximum absolute atomic E-state index is 13.1. The molecule has 1 aromatic rings. The number of likely N-dealkylation sites (tertiary alicyclic amines) is 1. The smallest absolute Gasteiger partial charge is 0.259 e. The summed E-state index contributed by atoms with van der Waals surface area (Å²) in [7, 11) is 1.46. The molecule has 9 nitrogen and oxygen atoms in total. The number of rotatable bonds is 1. The molecule has 6 atom stereocenters. The fourth-order valence-electron chi connectivity index (χ4n) is 5.11. The number of allylic oxidation sites excluding steroid dienone is 2. The van der Waals surface area contributed by atoms with Gasteiger partial charge >= 0.3 is 0 Å². The minimum atomic E-state index is -0.665. The van der Waals surface area contributed by atoms with Crippen molar-refractivity contribution in [3.63, 3.8) is 0 Å². The molecular formula is C18H17N5O4. The molecule has 0 spiro atoms. The third-order valence-corrected chi connectivity index (χ3v) is 6.51. The first-order chi connectivity index (χ1) is 12.8. The van der Waals surface area contributed by atoms with Gasteiger partial charge in [0.15, 0.2) is 0 Å². The summed E-state index contributed by atoms with van der Waals surface area (Å²) in [5, 5.41) is 7.89. The molecule has 27 heavy (non-hydrogen) atoms. The van der Waals surface area contributed by atoms with Gasteiger partial charge in [0, 0.05) is 18.9 Å². The zero-order valence-corrected chi connectivity index (χ0v) is 15.0. The Labute approximate surface area is 154 Å². The second kappa shape index (κ2) is 5.05. The summed E-state index contributed by atoms with van der Waals surface area (Å²) >= 11 is 0. The van der Waals surface area contributed by atoms with Crippen molar-refractivity contribution in [1.29, 1.82) is 0 Å². The summed E-state index contributed by atoms with van der Waals surface area (Å²) in [4.78, 5) is 57.8. The largest absolute Gasteiger partial charge is 0.285 e. The number of carbonyl (C=O) groups excluding carboxylic acids is 4. The Morgan fingerprint density at radius 3 is 1.70 bits per heavy atom. The van der Waals surface area contributed by atoms with Crippen LogP contribution in [0.25, 0.3) is 0 Å². The first-order valence-corrected chi connectivity index (χ1v) is 8.88. The average Bonchev–Trinajstić information content (AvgIpc) is 3.06. The second-order valence-electron chi connectivity index (χ2n) is 7.67. The molecule has 0 radical (unpaired) electrons. The number of nitrogens with zero attached hydrogens (tertiary/aromatic N) is 5. The molecule has 0 aromatic carbocycles. The van der Waals surface area contributed by atoms with Crippen LogP contribution in [0, 0.1) is 49.4 Å². The van der Waals surface area contributed by atoms with E-state index in [1.165, 1.54) is 7.05 Å². The van der Waals surface area contributed by atoms with E-state index in [0.717, 1.165) is 9.80 Å². The normalized spacial score (nSPS) is 36.7. The predicted octanol–water partition coefficient (Wildman–Crippen LogP) is -0.359. The van der Waals surface area contributed by atoms with Crippen LogP contribution in [-0.4, -0.2) is 50.8 Å². The van der Waals surface area contributed by atoms with Crippen LogP contribution in [0.2, 0.25) is 0 Å². The van der Waals surface area contributed by atoms with Gasteiger partial charge in [-0.3, -0.25) is 24.1 Å². The molecule has 2 saturated heterocycles. The maximum atomic E-state index is 13.1. The fourth-order valence-corrected chi connectivity index (χ4v) is 5.11.